The first-order valence-electron chi connectivity index (χ1n) is 10.5. The Morgan fingerprint density at radius 2 is 1.97 bits per heavy atom. The van der Waals surface area contributed by atoms with E-state index in [9.17, 15) is 18.0 Å². The summed E-state index contributed by atoms with van der Waals surface area (Å²) in [7, 11) is 3.47. The number of alkyl halides is 3. The summed E-state index contributed by atoms with van der Waals surface area (Å²) in [5.74, 6) is 0.230. The molecule has 1 aromatic carbocycles. The molecule has 3 heterocycles. The van der Waals surface area contributed by atoms with Crippen molar-refractivity contribution in [1.29, 1.82) is 0 Å². The van der Waals surface area contributed by atoms with Gasteiger partial charge < -0.3 is 10.6 Å². The number of aromatic nitrogens is 4. The summed E-state index contributed by atoms with van der Waals surface area (Å²) in [6.45, 7) is 0. The molecule has 168 valence electrons. The first kappa shape index (κ1) is 20.0. The van der Waals surface area contributed by atoms with Crippen molar-refractivity contribution in [2.75, 3.05) is 12.8 Å². The summed E-state index contributed by atoms with van der Waals surface area (Å²) in [4.78, 5) is 23.7. The van der Waals surface area contributed by atoms with Crippen molar-refractivity contribution in [3.05, 3.63) is 59.0 Å². The molecule has 0 saturated heterocycles. The lowest BCUT2D eigenvalue weighted by atomic mass is 9.98. The van der Waals surface area contributed by atoms with Crippen LogP contribution in [-0.4, -0.2) is 37.6 Å². The Hall–Kier alpha value is -3.69. The maximum Gasteiger partial charge on any atom is 0.416 e. The molecule has 6 rings (SSSR count). The first-order chi connectivity index (χ1) is 15.6. The Kier molecular flexibility index (Phi) is 3.89. The molecule has 1 saturated carbocycles. The molecule has 1 amide bonds. The fourth-order valence-electron chi connectivity index (χ4n) is 5.27. The number of nitrogen functional groups attached to an aromatic ring is 1. The van der Waals surface area contributed by atoms with E-state index in [2.05, 4.69) is 15.1 Å². The average Bonchev–Trinajstić information content (AvgIpc) is 3.35. The van der Waals surface area contributed by atoms with Crippen molar-refractivity contribution < 1.29 is 18.0 Å². The van der Waals surface area contributed by atoms with Crippen molar-refractivity contribution in [2.45, 2.75) is 24.6 Å². The van der Waals surface area contributed by atoms with Crippen LogP contribution in [0.15, 0.2) is 36.7 Å². The third kappa shape index (κ3) is 2.82. The molecule has 0 bridgehead atoms. The largest absolute Gasteiger partial charge is 0.416 e. The van der Waals surface area contributed by atoms with E-state index in [4.69, 9.17) is 5.73 Å². The molecule has 3 aromatic heterocycles. The summed E-state index contributed by atoms with van der Waals surface area (Å²) < 4.78 is 41.2. The van der Waals surface area contributed by atoms with Gasteiger partial charge in [0.05, 0.1) is 40.4 Å². The molecule has 10 heteroatoms. The van der Waals surface area contributed by atoms with Gasteiger partial charge in [0.1, 0.15) is 11.5 Å². The van der Waals surface area contributed by atoms with Gasteiger partial charge >= 0.3 is 6.18 Å². The summed E-state index contributed by atoms with van der Waals surface area (Å²) in [6, 6.07) is 5.24. The third-order valence-corrected chi connectivity index (χ3v) is 6.93. The molecule has 0 spiro atoms. The average molecular weight is 452 g/mol. The number of anilines is 1. The van der Waals surface area contributed by atoms with E-state index in [1.165, 1.54) is 18.3 Å². The van der Waals surface area contributed by atoms with Gasteiger partial charge in [-0.15, -0.1) is 0 Å². The van der Waals surface area contributed by atoms with Gasteiger partial charge in [0.25, 0.3) is 5.91 Å². The molecule has 2 N–H and O–H groups in total. The molecule has 2 aliphatic carbocycles. The standard InChI is InChI=1S/C23H19F3N6O/c1-31(19-11-4-3-10(23(24,25)26)5-12(11)13-6-14(13)19)22(33)17-7-15-18(9-28-17)30-21(27)16-8-29-32(2)20(15)16/h3-5,7-9,13-14,19H,6H2,1-2H3,(H2,27,30)/t13-,14-,19+/m1/s1. The van der Waals surface area contributed by atoms with E-state index in [-0.39, 0.29) is 29.5 Å². The Morgan fingerprint density at radius 1 is 1.18 bits per heavy atom. The number of carbonyl (C=O) groups excluding carboxylic acids is 1. The zero-order chi connectivity index (χ0) is 23.2. The molecular weight excluding hydrogens is 433 g/mol. The van der Waals surface area contributed by atoms with Gasteiger partial charge in [0.15, 0.2) is 0 Å². The molecule has 2 aliphatic rings. The predicted molar refractivity (Wildman–Crippen MR) is 115 cm³/mol. The van der Waals surface area contributed by atoms with Gasteiger partial charge in [0.2, 0.25) is 0 Å². The van der Waals surface area contributed by atoms with Crippen molar-refractivity contribution in [2.24, 2.45) is 13.0 Å². The summed E-state index contributed by atoms with van der Waals surface area (Å²) in [5, 5.41) is 5.64. The second-order valence-electron chi connectivity index (χ2n) is 8.82. The van der Waals surface area contributed by atoms with Crippen molar-refractivity contribution >= 4 is 33.5 Å². The minimum absolute atomic E-state index is 0.0633. The maximum absolute atomic E-state index is 13.4. The lowest BCUT2D eigenvalue weighted by Crippen LogP contribution is -2.32. The van der Waals surface area contributed by atoms with Crippen molar-refractivity contribution in [1.82, 2.24) is 24.6 Å². The number of rotatable bonds is 2. The number of fused-ring (bicyclic) bond motifs is 6. The summed E-state index contributed by atoms with van der Waals surface area (Å²) in [6.07, 6.45) is -0.468. The highest BCUT2D eigenvalue weighted by Crippen LogP contribution is 2.63. The lowest BCUT2D eigenvalue weighted by molar-refractivity contribution is -0.137. The molecule has 0 radical (unpaired) electrons. The van der Waals surface area contributed by atoms with E-state index in [1.54, 1.807) is 35.9 Å². The van der Waals surface area contributed by atoms with Crippen molar-refractivity contribution in [3.8, 4) is 0 Å². The fraction of sp³-hybridized carbons (Fsp3) is 0.304. The summed E-state index contributed by atoms with van der Waals surface area (Å²) in [5.41, 5.74) is 8.40. The second kappa shape index (κ2) is 6.43. The van der Waals surface area contributed by atoms with Crippen LogP contribution in [0.1, 0.15) is 45.6 Å². The Bertz CT molecular complexity index is 1480. The second-order valence-corrected chi connectivity index (χ2v) is 8.82. The minimum Gasteiger partial charge on any atom is -0.383 e. The number of hydrogen-bond donors (Lipinski definition) is 1. The van der Waals surface area contributed by atoms with Gasteiger partial charge in [-0.3, -0.25) is 9.48 Å². The molecular formula is C23H19F3N6O. The normalized spacial score (nSPS) is 21.3. The van der Waals surface area contributed by atoms with Crippen LogP contribution in [-0.2, 0) is 13.2 Å². The zero-order valence-corrected chi connectivity index (χ0v) is 17.8. The van der Waals surface area contributed by atoms with Crippen LogP contribution in [0.25, 0.3) is 21.8 Å². The van der Waals surface area contributed by atoms with Crippen LogP contribution in [0.5, 0.6) is 0 Å². The van der Waals surface area contributed by atoms with Crippen LogP contribution >= 0.6 is 0 Å². The number of carbonyl (C=O) groups is 1. The first-order valence-corrected chi connectivity index (χ1v) is 10.5. The zero-order valence-electron chi connectivity index (χ0n) is 17.8. The number of nitrogens with two attached hydrogens (primary N) is 1. The number of hydrogen-bond acceptors (Lipinski definition) is 5. The Balaban J connectivity index is 1.39. The highest BCUT2D eigenvalue weighted by atomic mass is 19.4. The van der Waals surface area contributed by atoms with Crippen LogP contribution in [0, 0.1) is 5.92 Å². The van der Waals surface area contributed by atoms with Gasteiger partial charge in [-0.05, 0) is 47.6 Å². The number of benzene rings is 1. The van der Waals surface area contributed by atoms with Crippen LogP contribution in [0.4, 0.5) is 19.0 Å². The van der Waals surface area contributed by atoms with Crippen LogP contribution in [0.3, 0.4) is 0 Å². The third-order valence-electron chi connectivity index (χ3n) is 6.93. The van der Waals surface area contributed by atoms with Crippen molar-refractivity contribution in [3.63, 3.8) is 0 Å². The van der Waals surface area contributed by atoms with E-state index in [0.29, 0.717) is 27.7 Å². The highest BCUT2D eigenvalue weighted by Gasteiger charge is 2.54. The molecule has 1 fully saturated rings. The quantitative estimate of drug-likeness (QED) is 0.496. The van der Waals surface area contributed by atoms with Gasteiger partial charge in [0, 0.05) is 19.5 Å². The number of halogens is 3. The van der Waals surface area contributed by atoms with E-state index in [0.717, 1.165) is 23.6 Å². The number of amides is 1. The van der Waals surface area contributed by atoms with Gasteiger partial charge in [-0.25, -0.2) is 9.97 Å². The molecule has 3 atom stereocenters. The topological polar surface area (TPSA) is 89.9 Å². The van der Waals surface area contributed by atoms with E-state index >= 15 is 0 Å². The Morgan fingerprint density at radius 3 is 2.73 bits per heavy atom. The SMILES string of the molecule is CN(C(=O)c1cc2c(cn1)nc(N)c1cnn(C)c12)[C@H]1c2ccc(C(F)(F)F)cc2[C@H]2C[C@H]21. The van der Waals surface area contributed by atoms with Crippen LogP contribution in [0.2, 0.25) is 0 Å². The number of nitrogens with zero attached hydrogens (tertiary/aromatic N) is 5. The molecule has 4 aromatic rings. The molecule has 7 nitrogen and oxygen atoms in total. The van der Waals surface area contributed by atoms with E-state index < -0.39 is 11.7 Å². The lowest BCUT2D eigenvalue weighted by Gasteiger charge is -2.27. The molecule has 0 unspecified atom stereocenters. The molecule has 33 heavy (non-hydrogen) atoms. The summed E-state index contributed by atoms with van der Waals surface area (Å²) >= 11 is 0. The predicted octanol–water partition coefficient (Wildman–Crippen LogP) is 4.05. The van der Waals surface area contributed by atoms with E-state index in [1.807, 2.05) is 0 Å². The van der Waals surface area contributed by atoms with Gasteiger partial charge in [-0.1, -0.05) is 6.07 Å². The molecule has 0 aliphatic heterocycles. The number of aryl methyl sites for hydroxylation is 1. The number of pyridine rings is 2. The monoisotopic (exact) mass is 452 g/mol. The fourth-order valence-corrected chi connectivity index (χ4v) is 5.27. The smallest absolute Gasteiger partial charge is 0.383 e. The highest BCUT2D eigenvalue weighted by molar-refractivity contribution is 6.09. The minimum atomic E-state index is -4.39. The maximum atomic E-state index is 13.4. The van der Waals surface area contributed by atoms with Gasteiger partial charge in [-0.2, -0.15) is 18.3 Å². The van der Waals surface area contributed by atoms with Crippen LogP contribution < -0.4 is 5.73 Å². The Labute approximate surface area is 186 Å².